The Morgan fingerprint density at radius 2 is 1.27 bits per heavy atom. The summed E-state index contributed by atoms with van der Waals surface area (Å²) in [5.74, 6) is 0. The summed E-state index contributed by atoms with van der Waals surface area (Å²) in [6.45, 7) is 2.28. The van der Waals surface area contributed by atoms with Crippen LogP contribution in [-0.2, 0) is 0 Å². The summed E-state index contributed by atoms with van der Waals surface area (Å²) in [6.07, 6.45) is 18.6. The van der Waals surface area contributed by atoms with Gasteiger partial charge >= 0.3 is 92.7 Å². The van der Waals surface area contributed by atoms with Crippen molar-refractivity contribution in [2.75, 3.05) is 0 Å². The number of unbranched alkanes of at least 4 members (excludes halogenated alkanes) is 8. The Kier molecular flexibility index (Phi) is 14.7. The minimum atomic E-state index is 1.28. The molecule has 84 valence electrons. The Labute approximate surface area is 106 Å². The van der Waals surface area contributed by atoms with Gasteiger partial charge in [-0.25, -0.2) is 0 Å². The van der Waals surface area contributed by atoms with Crippen LogP contribution < -0.4 is 0 Å². The average molecular weight is 202 g/mol. The first-order valence-corrected chi connectivity index (χ1v) is 7.06. The molecule has 0 nitrogen and oxygen atoms in total. The third-order valence-electron chi connectivity index (χ3n) is 2.87. The van der Waals surface area contributed by atoms with E-state index in [-0.39, 0.29) is 0 Å². The number of rotatable bonds is 11. The predicted molar refractivity (Wildman–Crippen MR) is 71.5 cm³/mol. The molecule has 0 rings (SSSR count). The molecule has 0 unspecified atom stereocenters. The minimum absolute atomic E-state index is 1.28. The van der Waals surface area contributed by atoms with Crippen LogP contribution in [0, 0.1) is 0 Å². The second-order valence-corrected chi connectivity index (χ2v) is 4.52. The van der Waals surface area contributed by atoms with Gasteiger partial charge in [0.25, 0.3) is 0 Å². The van der Waals surface area contributed by atoms with Gasteiger partial charge in [0, 0.05) is 0 Å². The molecule has 0 aliphatic rings. The Morgan fingerprint density at radius 1 is 0.733 bits per heavy atom. The summed E-state index contributed by atoms with van der Waals surface area (Å²) in [6, 6.07) is 0. The van der Waals surface area contributed by atoms with Crippen LogP contribution in [0.3, 0.4) is 0 Å². The van der Waals surface area contributed by atoms with Crippen LogP contribution in [0.4, 0.5) is 0 Å². The molecular weight excluding hydrogens is 175 g/mol. The molecule has 0 aliphatic heterocycles. The maximum atomic E-state index is 2.38. The summed E-state index contributed by atoms with van der Waals surface area (Å²) in [7, 11) is 0. The van der Waals surface area contributed by atoms with E-state index >= 15 is 0 Å². The molecule has 0 atom stereocenters. The van der Waals surface area contributed by atoms with Gasteiger partial charge in [-0.3, -0.25) is 0 Å². The number of hydrogen-bond donors (Lipinski definition) is 0. The smallest absolute Gasteiger partial charge is 0.0654 e. The molecule has 0 fully saturated rings. The first-order valence-electron chi connectivity index (χ1n) is 7.06. The molecule has 0 saturated heterocycles. The SMILES string of the molecule is [Li][CH2]CCC=CCCCCCCCCC. The van der Waals surface area contributed by atoms with Gasteiger partial charge < -0.3 is 0 Å². The van der Waals surface area contributed by atoms with Crippen molar-refractivity contribution in [1.82, 2.24) is 0 Å². The molecule has 0 aromatic rings. The van der Waals surface area contributed by atoms with Crippen molar-refractivity contribution < 1.29 is 0 Å². The quantitative estimate of drug-likeness (QED) is 0.250. The van der Waals surface area contributed by atoms with E-state index in [2.05, 4.69) is 36.8 Å². The topological polar surface area (TPSA) is 0 Å². The minimum Gasteiger partial charge on any atom is -0.0654 e. The van der Waals surface area contributed by atoms with Crippen LogP contribution in [0.25, 0.3) is 0 Å². The molecule has 0 bridgehead atoms. The van der Waals surface area contributed by atoms with E-state index in [0.717, 1.165) is 0 Å². The maximum absolute atomic E-state index is 2.38. The standard InChI is InChI=1S/C14H27.Li/c1-3-5-7-9-11-13-14-12-10-8-6-4-2;/h7,9H,1,3-6,8,10-14H2,2H3;. The molecule has 0 aromatic heterocycles. The molecule has 0 N–H and O–H groups in total. The Balaban J connectivity index is 2.95. The zero-order chi connectivity index (χ0) is 11.2. The zero-order valence-corrected chi connectivity index (χ0v) is 10.9. The van der Waals surface area contributed by atoms with E-state index < -0.39 is 0 Å². The van der Waals surface area contributed by atoms with Crippen molar-refractivity contribution in [1.29, 1.82) is 0 Å². The van der Waals surface area contributed by atoms with Crippen LogP contribution in [0.5, 0.6) is 0 Å². The van der Waals surface area contributed by atoms with Gasteiger partial charge in [-0.05, 0) is 0 Å². The molecule has 0 aromatic carbocycles. The fourth-order valence-corrected chi connectivity index (χ4v) is 1.78. The second kappa shape index (κ2) is 14.3. The molecule has 0 aliphatic carbocycles. The van der Waals surface area contributed by atoms with Gasteiger partial charge in [-0.2, -0.15) is 0 Å². The first-order chi connectivity index (χ1) is 7.41. The zero-order valence-electron chi connectivity index (χ0n) is 10.9. The first kappa shape index (κ1) is 15.3. The van der Waals surface area contributed by atoms with Gasteiger partial charge in [0.05, 0.1) is 0 Å². The Hall–Kier alpha value is 0.337. The fourth-order valence-electron chi connectivity index (χ4n) is 1.78. The van der Waals surface area contributed by atoms with Crippen molar-refractivity contribution in [3.8, 4) is 0 Å². The van der Waals surface area contributed by atoms with Crippen molar-refractivity contribution in [3.05, 3.63) is 12.2 Å². The molecular formula is C14H27Li. The van der Waals surface area contributed by atoms with Crippen LogP contribution in [0.2, 0.25) is 5.09 Å². The molecule has 0 spiro atoms. The van der Waals surface area contributed by atoms with Crippen molar-refractivity contribution in [2.24, 2.45) is 0 Å². The van der Waals surface area contributed by atoms with Gasteiger partial charge in [-0.15, -0.1) is 0 Å². The monoisotopic (exact) mass is 202 g/mol. The summed E-state index contributed by atoms with van der Waals surface area (Å²) < 4.78 is 0. The summed E-state index contributed by atoms with van der Waals surface area (Å²) in [4.78, 5) is 0. The second-order valence-electron chi connectivity index (χ2n) is 4.52. The van der Waals surface area contributed by atoms with Crippen molar-refractivity contribution >= 4 is 17.7 Å². The molecule has 0 radical (unpaired) electrons. The van der Waals surface area contributed by atoms with E-state index in [1.165, 1.54) is 69.3 Å². The molecule has 0 saturated carbocycles. The summed E-state index contributed by atoms with van der Waals surface area (Å²) in [5.41, 5.74) is 0. The number of allylic oxidation sites excluding steroid dienone is 2. The fraction of sp³-hybridized carbons (Fsp3) is 0.857. The Morgan fingerprint density at radius 3 is 1.87 bits per heavy atom. The van der Waals surface area contributed by atoms with Gasteiger partial charge in [0.1, 0.15) is 0 Å². The Bertz CT molecular complexity index is 129. The normalized spacial score (nSPS) is 11.4. The molecule has 1 heteroatoms. The van der Waals surface area contributed by atoms with Crippen LogP contribution in [0.15, 0.2) is 12.2 Å². The average Bonchev–Trinajstić information content (AvgIpc) is 2.26. The van der Waals surface area contributed by atoms with Crippen molar-refractivity contribution in [3.63, 3.8) is 0 Å². The molecule has 0 heterocycles. The van der Waals surface area contributed by atoms with E-state index in [1.54, 1.807) is 0 Å². The summed E-state index contributed by atoms with van der Waals surface area (Å²) in [5, 5.41) is 1.32. The third-order valence-corrected chi connectivity index (χ3v) is 2.87. The van der Waals surface area contributed by atoms with Gasteiger partial charge in [0.2, 0.25) is 0 Å². The predicted octanol–water partition coefficient (Wildman–Crippen LogP) is 5.05. The van der Waals surface area contributed by atoms with E-state index in [4.69, 9.17) is 0 Å². The van der Waals surface area contributed by atoms with Crippen LogP contribution in [-0.4, -0.2) is 17.7 Å². The van der Waals surface area contributed by atoms with E-state index in [1.807, 2.05) is 0 Å². The van der Waals surface area contributed by atoms with Crippen LogP contribution in [0.1, 0.15) is 71.1 Å². The van der Waals surface area contributed by atoms with Gasteiger partial charge in [-0.1, -0.05) is 13.3 Å². The van der Waals surface area contributed by atoms with E-state index in [0.29, 0.717) is 0 Å². The van der Waals surface area contributed by atoms with Crippen molar-refractivity contribution in [2.45, 2.75) is 76.2 Å². The van der Waals surface area contributed by atoms with Crippen LogP contribution >= 0.6 is 0 Å². The molecule has 15 heavy (non-hydrogen) atoms. The van der Waals surface area contributed by atoms with Gasteiger partial charge in [0.15, 0.2) is 0 Å². The van der Waals surface area contributed by atoms with E-state index in [9.17, 15) is 0 Å². The number of hydrogen-bond acceptors (Lipinski definition) is 0. The molecule has 0 amide bonds. The third kappa shape index (κ3) is 14.3. The summed E-state index contributed by atoms with van der Waals surface area (Å²) >= 11 is 2.25.